The van der Waals surface area contributed by atoms with Gasteiger partial charge in [0.2, 0.25) is 12.6 Å². The van der Waals surface area contributed by atoms with Crippen molar-refractivity contribution in [2.45, 2.75) is 0 Å². The number of nitrogens with one attached hydrogen (secondary N) is 1. The van der Waals surface area contributed by atoms with Gasteiger partial charge in [-0.3, -0.25) is 14.4 Å². The van der Waals surface area contributed by atoms with Crippen LogP contribution in [-0.4, -0.2) is 42.7 Å². The number of rotatable bonds is 6. The monoisotopic (exact) mass is 397 g/mol. The zero-order valence-corrected chi connectivity index (χ0v) is 15.0. The van der Waals surface area contributed by atoms with Crippen LogP contribution in [0.1, 0.15) is 15.9 Å². The van der Waals surface area contributed by atoms with Gasteiger partial charge in [-0.2, -0.15) is 0 Å². The topological polar surface area (TPSA) is 120 Å². The molecule has 2 aliphatic rings. The first-order chi connectivity index (χ1) is 14.0. The molecule has 2 aliphatic heterocycles. The Morgan fingerprint density at radius 1 is 1.10 bits per heavy atom. The highest BCUT2D eigenvalue weighted by molar-refractivity contribution is 6.14. The first kappa shape index (κ1) is 18.4. The first-order valence-corrected chi connectivity index (χ1v) is 8.59. The molecule has 9 nitrogen and oxygen atoms in total. The Kier molecular flexibility index (Phi) is 4.78. The molecule has 0 fully saturated rings. The van der Waals surface area contributed by atoms with Gasteiger partial charge in [-0.25, -0.2) is 0 Å². The number of aliphatic carboxylic acids is 1. The summed E-state index contributed by atoms with van der Waals surface area (Å²) in [6.07, 6.45) is 1.60. The molecule has 2 N–H and O–H groups in total. The lowest BCUT2D eigenvalue weighted by atomic mass is 10.1. The minimum Gasteiger partial charge on any atom is -0.484 e. The van der Waals surface area contributed by atoms with Crippen molar-refractivity contribution in [1.82, 2.24) is 5.32 Å². The molecule has 2 aromatic rings. The number of carboxylic acids is 1. The van der Waals surface area contributed by atoms with Crippen LogP contribution in [0.2, 0.25) is 0 Å². The van der Waals surface area contributed by atoms with Crippen molar-refractivity contribution in [3.8, 4) is 23.0 Å². The lowest BCUT2D eigenvalue weighted by molar-refractivity contribution is -0.138. The molecule has 0 bridgehead atoms. The Morgan fingerprint density at radius 2 is 1.93 bits per heavy atom. The van der Waals surface area contributed by atoms with E-state index in [2.05, 4.69) is 5.32 Å². The number of benzene rings is 2. The van der Waals surface area contributed by atoms with Crippen LogP contribution in [0, 0.1) is 0 Å². The Balaban J connectivity index is 1.44. The number of allylic oxidation sites excluding steroid dienone is 1. The van der Waals surface area contributed by atoms with Crippen molar-refractivity contribution in [2.75, 3.05) is 19.9 Å². The first-order valence-electron chi connectivity index (χ1n) is 8.59. The average molecular weight is 397 g/mol. The minimum absolute atomic E-state index is 0.148. The summed E-state index contributed by atoms with van der Waals surface area (Å²) in [7, 11) is 0. The molecule has 0 aliphatic carbocycles. The molecule has 9 heteroatoms. The molecular weight excluding hydrogens is 382 g/mol. The molecule has 4 rings (SSSR count). The van der Waals surface area contributed by atoms with E-state index in [1.165, 1.54) is 12.1 Å². The molecule has 0 aromatic heterocycles. The summed E-state index contributed by atoms with van der Waals surface area (Å²) in [5.41, 5.74) is 1.09. The number of hydrogen-bond acceptors (Lipinski definition) is 7. The van der Waals surface area contributed by atoms with Crippen LogP contribution in [0.3, 0.4) is 0 Å². The lowest BCUT2D eigenvalue weighted by Crippen LogP contribution is -2.33. The zero-order valence-electron chi connectivity index (χ0n) is 15.0. The van der Waals surface area contributed by atoms with E-state index in [0.717, 1.165) is 5.56 Å². The number of ether oxygens (including phenoxy) is 4. The van der Waals surface area contributed by atoms with E-state index in [0.29, 0.717) is 28.6 Å². The van der Waals surface area contributed by atoms with E-state index in [1.54, 1.807) is 30.3 Å². The van der Waals surface area contributed by atoms with Crippen molar-refractivity contribution in [2.24, 2.45) is 0 Å². The maximum absolute atomic E-state index is 12.6. The number of fused-ring (bicyclic) bond motifs is 2. The quantitative estimate of drug-likeness (QED) is 0.706. The van der Waals surface area contributed by atoms with Gasteiger partial charge in [-0.05, 0) is 35.9 Å². The van der Waals surface area contributed by atoms with E-state index in [4.69, 9.17) is 24.1 Å². The third kappa shape index (κ3) is 3.98. The third-order valence-electron chi connectivity index (χ3n) is 4.14. The van der Waals surface area contributed by atoms with Crippen LogP contribution in [-0.2, 0) is 9.59 Å². The maximum atomic E-state index is 12.6. The van der Waals surface area contributed by atoms with Crippen molar-refractivity contribution in [1.29, 1.82) is 0 Å². The zero-order chi connectivity index (χ0) is 20.4. The van der Waals surface area contributed by atoms with E-state index < -0.39 is 18.4 Å². The highest BCUT2D eigenvalue weighted by Gasteiger charge is 2.28. The van der Waals surface area contributed by atoms with Crippen molar-refractivity contribution in [3.05, 3.63) is 53.3 Å². The van der Waals surface area contributed by atoms with Crippen LogP contribution in [0.25, 0.3) is 6.08 Å². The van der Waals surface area contributed by atoms with E-state index in [9.17, 15) is 14.4 Å². The standard InChI is InChI=1S/C20H15NO8/c22-18(21-8-19(23)24)9-26-12-2-3-13-15(7-12)29-17(20(13)25)6-11-1-4-14-16(5-11)28-10-27-14/h1-7H,8-10H2,(H,21,22)(H,23,24)/b17-6-. The normalized spacial score (nSPS) is 15.0. The van der Waals surface area contributed by atoms with Gasteiger partial charge in [0.1, 0.15) is 18.0 Å². The summed E-state index contributed by atoms with van der Waals surface area (Å²) in [4.78, 5) is 34.5. The number of ketones is 1. The number of carbonyl (C=O) groups is 3. The van der Waals surface area contributed by atoms with Gasteiger partial charge in [0.25, 0.3) is 5.91 Å². The largest absolute Gasteiger partial charge is 0.484 e. The van der Waals surface area contributed by atoms with Gasteiger partial charge in [0, 0.05) is 6.07 Å². The van der Waals surface area contributed by atoms with Gasteiger partial charge in [0.15, 0.2) is 23.9 Å². The predicted molar refractivity (Wildman–Crippen MR) is 98.1 cm³/mol. The highest BCUT2D eigenvalue weighted by Crippen LogP contribution is 2.36. The second-order valence-electron chi connectivity index (χ2n) is 6.17. The fraction of sp³-hybridized carbons (Fsp3) is 0.150. The Bertz CT molecular complexity index is 1040. The van der Waals surface area contributed by atoms with Crippen LogP contribution >= 0.6 is 0 Å². The summed E-state index contributed by atoms with van der Waals surface area (Å²) in [6.45, 7) is -0.689. The number of carboxylic acid groups (broad SMARTS) is 1. The molecule has 0 saturated carbocycles. The minimum atomic E-state index is -1.15. The number of amides is 1. The van der Waals surface area contributed by atoms with Crippen LogP contribution < -0.4 is 24.3 Å². The summed E-state index contributed by atoms with van der Waals surface area (Å²) in [5, 5.41) is 10.7. The molecule has 0 saturated heterocycles. The second-order valence-corrected chi connectivity index (χ2v) is 6.17. The Morgan fingerprint density at radius 3 is 2.76 bits per heavy atom. The molecule has 0 unspecified atom stereocenters. The average Bonchev–Trinajstić information content (AvgIpc) is 3.29. The molecule has 0 radical (unpaired) electrons. The molecule has 0 atom stereocenters. The smallest absolute Gasteiger partial charge is 0.322 e. The molecular formula is C20H15NO8. The summed E-state index contributed by atoms with van der Waals surface area (Å²) in [5.74, 6) is 0.00994. The number of hydrogen-bond donors (Lipinski definition) is 2. The van der Waals surface area contributed by atoms with E-state index >= 15 is 0 Å². The van der Waals surface area contributed by atoms with Crippen LogP contribution in [0.5, 0.6) is 23.0 Å². The molecule has 29 heavy (non-hydrogen) atoms. The molecule has 2 aromatic carbocycles. The number of carbonyl (C=O) groups excluding carboxylic acids is 2. The summed E-state index contributed by atoms with van der Waals surface area (Å²) >= 11 is 0. The van der Waals surface area contributed by atoms with Crippen LogP contribution in [0.4, 0.5) is 0 Å². The predicted octanol–water partition coefficient (Wildman–Crippen LogP) is 1.61. The van der Waals surface area contributed by atoms with Gasteiger partial charge in [0.05, 0.1) is 5.56 Å². The van der Waals surface area contributed by atoms with Crippen LogP contribution in [0.15, 0.2) is 42.2 Å². The van der Waals surface area contributed by atoms with E-state index in [-0.39, 0.29) is 24.9 Å². The van der Waals surface area contributed by atoms with Gasteiger partial charge >= 0.3 is 5.97 Å². The van der Waals surface area contributed by atoms with Crippen molar-refractivity contribution in [3.63, 3.8) is 0 Å². The maximum Gasteiger partial charge on any atom is 0.322 e. The fourth-order valence-corrected chi connectivity index (χ4v) is 2.79. The Hall–Kier alpha value is -4.01. The second kappa shape index (κ2) is 7.55. The number of Topliss-reactive ketones (excluding diaryl/α,β-unsaturated/α-hetero) is 1. The Labute approximate surface area is 164 Å². The van der Waals surface area contributed by atoms with Crippen molar-refractivity contribution >= 4 is 23.7 Å². The van der Waals surface area contributed by atoms with Gasteiger partial charge < -0.3 is 29.4 Å². The van der Waals surface area contributed by atoms with Gasteiger partial charge in [-0.15, -0.1) is 0 Å². The van der Waals surface area contributed by atoms with Crippen molar-refractivity contribution < 1.29 is 38.4 Å². The molecule has 0 spiro atoms. The van der Waals surface area contributed by atoms with E-state index in [1.807, 2.05) is 0 Å². The summed E-state index contributed by atoms with van der Waals surface area (Å²) < 4.78 is 21.6. The third-order valence-corrected chi connectivity index (χ3v) is 4.14. The molecule has 2 heterocycles. The molecule has 148 valence electrons. The lowest BCUT2D eigenvalue weighted by Gasteiger charge is -2.07. The fourth-order valence-electron chi connectivity index (χ4n) is 2.79. The SMILES string of the molecule is O=C(O)CNC(=O)COc1ccc2c(c1)O/C(=C\c1ccc3c(c1)OCO3)C2=O. The van der Waals surface area contributed by atoms with Gasteiger partial charge in [-0.1, -0.05) is 6.07 Å². The molecule has 1 amide bonds. The highest BCUT2D eigenvalue weighted by atomic mass is 16.7. The summed E-state index contributed by atoms with van der Waals surface area (Å²) in [6, 6.07) is 9.86.